The molecular formula is C12H14O3. The standard InChI is InChI=1S/C12H14O3/c1-7-4-10(6-9(3)13)11(12(14)15)5-8(7)2/h4-5H,6H2,1-3H3,(H,14,15). The molecular weight excluding hydrogens is 192 g/mol. The van der Waals surface area contributed by atoms with E-state index in [9.17, 15) is 9.59 Å². The Kier molecular flexibility index (Phi) is 3.24. The first-order valence-corrected chi connectivity index (χ1v) is 4.74. The van der Waals surface area contributed by atoms with Crippen molar-refractivity contribution in [2.45, 2.75) is 27.2 Å². The highest BCUT2D eigenvalue weighted by molar-refractivity contribution is 5.92. The van der Waals surface area contributed by atoms with E-state index in [2.05, 4.69) is 0 Å². The summed E-state index contributed by atoms with van der Waals surface area (Å²) in [7, 11) is 0. The minimum Gasteiger partial charge on any atom is -0.478 e. The number of carboxylic acids is 1. The largest absolute Gasteiger partial charge is 0.478 e. The fraction of sp³-hybridized carbons (Fsp3) is 0.333. The second-order valence-corrected chi connectivity index (χ2v) is 3.78. The van der Waals surface area contributed by atoms with Gasteiger partial charge in [-0.3, -0.25) is 4.79 Å². The third-order valence-corrected chi connectivity index (χ3v) is 2.39. The lowest BCUT2D eigenvalue weighted by Gasteiger charge is -2.08. The van der Waals surface area contributed by atoms with Gasteiger partial charge in [-0.05, 0) is 43.5 Å². The van der Waals surface area contributed by atoms with Crippen molar-refractivity contribution in [3.8, 4) is 0 Å². The highest BCUT2D eigenvalue weighted by Gasteiger charge is 2.12. The van der Waals surface area contributed by atoms with Crippen LogP contribution < -0.4 is 0 Å². The van der Waals surface area contributed by atoms with Crippen LogP contribution in [0.4, 0.5) is 0 Å². The molecule has 0 aliphatic heterocycles. The van der Waals surface area contributed by atoms with Gasteiger partial charge >= 0.3 is 5.97 Å². The number of carbonyl (C=O) groups is 2. The van der Waals surface area contributed by atoms with Crippen LogP contribution in [0, 0.1) is 13.8 Å². The summed E-state index contributed by atoms with van der Waals surface area (Å²) in [5.41, 5.74) is 2.77. The van der Waals surface area contributed by atoms with Gasteiger partial charge in [-0.2, -0.15) is 0 Å². The molecule has 0 aromatic heterocycles. The summed E-state index contributed by atoms with van der Waals surface area (Å²) in [5, 5.41) is 8.98. The number of benzene rings is 1. The van der Waals surface area contributed by atoms with Crippen LogP contribution in [-0.2, 0) is 11.2 Å². The summed E-state index contributed by atoms with van der Waals surface area (Å²) in [6.45, 7) is 5.23. The second kappa shape index (κ2) is 4.26. The molecule has 80 valence electrons. The molecule has 0 atom stereocenters. The summed E-state index contributed by atoms with van der Waals surface area (Å²) < 4.78 is 0. The van der Waals surface area contributed by atoms with Crippen LogP contribution in [0.25, 0.3) is 0 Å². The summed E-state index contributed by atoms with van der Waals surface area (Å²) in [4.78, 5) is 21.9. The Morgan fingerprint density at radius 1 is 1.20 bits per heavy atom. The van der Waals surface area contributed by atoms with Gasteiger partial charge in [-0.25, -0.2) is 4.79 Å². The molecule has 1 aromatic rings. The number of hydrogen-bond acceptors (Lipinski definition) is 2. The molecule has 0 saturated heterocycles. The topological polar surface area (TPSA) is 54.4 Å². The maximum absolute atomic E-state index is 11.0. The Hall–Kier alpha value is -1.64. The van der Waals surface area contributed by atoms with Crippen LogP contribution in [0.3, 0.4) is 0 Å². The van der Waals surface area contributed by atoms with Gasteiger partial charge in [0, 0.05) is 6.42 Å². The van der Waals surface area contributed by atoms with E-state index in [-0.39, 0.29) is 17.8 Å². The highest BCUT2D eigenvalue weighted by Crippen LogP contribution is 2.17. The third kappa shape index (κ3) is 2.65. The summed E-state index contributed by atoms with van der Waals surface area (Å²) in [5.74, 6) is -1.00. The highest BCUT2D eigenvalue weighted by atomic mass is 16.4. The first kappa shape index (κ1) is 11.4. The summed E-state index contributed by atoms with van der Waals surface area (Å²) in [6, 6.07) is 3.40. The molecule has 1 aromatic carbocycles. The molecule has 0 amide bonds. The average molecular weight is 206 g/mol. The van der Waals surface area contributed by atoms with Crippen LogP contribution in [-0.4, -0.2) is 16.9 Å². The lowest BCUT2D eigenvalue weighted by molar-refractivity contribution is -0.116. The van der Waals surface area contributed by atoms with E-state index in [1.54, 1.807) is 12.1 Å². The Morgan fingerprint density at radius 2 is 1.73 bits per heavy atom. The molecule has 0 radical (unpaired) electrons. The lowest BCUT2D eigenvalue weighted by Crippen LogP contribution is -2.07. The van der Waals surface area contributed by atoms with Gasteiger partial charge in [-0.15, -0.1) is 0 Å². The van der Waals surface area contributed by atoms with Crippen LogP contribution in [0.15, 0.2) is 12.1 Å². The number of rotatable bonds is 3. The first-order chi connectivity index (χ1) is 6.91. The predicted molar refractivity (Wildman–Crippen MR) is 57.3 cm³/mol. The predicted octanol–water partition coefficient (Wildman–Crippen LogP) is 2.13. The zero-order valence-electron chi connectivity index (χ0n) is 9.13. The van der Waals surface area contributed by atoms with Gasteiger partial charge in [0.15, 0.2) is 0 Å². The van der Waals surface area contributed by atoms with Crippen molar-refractivity contribution < 1.29 is 14.7 Å². The zero-order chi connectivity index (χ0) is 11.6. The average Bonchev–Trinajstić information content (AvgIpc) is 2.09. The van der Waals surface area contributed by atoms with Crippen LogP contribution in [0.1, 0.15) is 34.0 Å². The molecule has 0 spiro atoms. The van der Waals surface area contributed by atoms with E-state index in [1.807, 2.05) is 13.8 Å². The van der Waals surface area contributed by atoms with Gasteiger partial charge < -0.3 is 5.11 Å². The van der Waals surface area contributed by atoms with Gasteiger partial charge in [0.25, 0.3) is 0 Å². The molecule has 15 heavy (non-hydrogen) atoms. The quantitative estimate of drug-likeness (QED) is 0.824. The molecule has 0 fully saturated rings. The Morgan fingerprint density at radius 3 is 2.20 bits per heavy atom. The van der Waals surface area contributed by atoms with E-state index in [0.29, 0.717) is 5.56 Å². The minimum absolute atomic E-state index is 0.0271. The van der Waals surface area contributed by atoms with E-state index < -0.39 is 5.97 Å². The SMILES string of the molecule is CC(=O)Cc1cc(C)c(C)cc1C(=O)O. The fourth-order valence-electron chi connectivity index (χ4n) is 1.49. The van der Waals surface area contributed by atoms with Crippen LogP contribution >= 0.6 is 0 Å². The molecule has 3 nitrogen and oxygen atoms in total. The van der Waals surface area contributed by atoms with E-state index in [1.165, 1.54) is 6.92 Å². The Labute approximate surface area is 88.7 Å². The molecule has 0 heterocycles. The number of carboxylic acid groups (broad SMARTS) is 1. The van der Waals surface area contributed by atoms with Crippen molar-refractivity contribution in [1.82, 2.24) is 0 Å². The molecule has 0 bridgehead atoms. The van der Waals surface area contributed by atoms with Crippen molar-refractivity contribution in [3.05, 3.63) is 34.4 Å². The number of hydrogen-bond donors (Lipinski definition) is 1. The lowest BCUT2D eigenvalue weighted by atomic mass is 9.97. The number of ketones is 1. The maximum Gasteiger partial charge on any atom is 0.335 e. The smallest absolute Gasteiger partial charge is 0.335 e. The number of carbonyl (C=O) groups excluding carboxylic acids is 1. The molecule has 0 unspecified atom stereocenters. The van der Waals surface area contributed by atoms with Crippen LogP contribution in [0.5, 0.6) is 0 Å². The van der Waals surface area contributed by atoms with E-state index >= 15 is 0 Å². The van der Waals surface area contributed by atoms with Crippen molar-refractivity contribution in [2.75, 3.05) is 0 Å². The van der Waals surface area contributed by atoms with Crippen molar-refractivity contribution in [2.24, 2.45) is 0 Å². The summed E-state index contributed by atoms with van der Waals surface area (Å²) >= 11 is 0. The van der Waals surface area contributed by atoms with Crippen molar-refractivity contribution in [1.29, 1.82) is 0 Å². The van der Waals surface area contributed by atoms with Crippen LogP contribution in [0.2, 0.25) is 0 Å². The molecule has 1 rings (SSSR count). The fourth-order valence-corrected chi connectivity index (χ4v) is 1.49. The molecule has 0 saturated carbocycles. The van der Waals surface area contributed by atoms with Gasteiger partial charge in [-0.1, -0.05) is 6.07 Å². The monoisotopic (exact) mass is 206 g/mol. The minimum atomic E-state index is -0.977. The Bertz CT molecular complexity index is 419. The second-order valence-electron chi connectivity index (χ2n) is 3.78. The number of aryl methyl sites for hydroxylation is 2. The number of aromatic carboxylic acids is 1. The van der Waals surface area contributed by atoms with Crippen molar-refractivity contribution in [3.63, 3.8) is 0 Å². The van der Waals surface area contributed by atoms with Gasteiger partial charge in [0.1, 0.15) is 5.78 Å². The molecule has 0 aliphatic rings. The molecule has 0 aliphatic carbocycles. The maximum atomic E-state index is 11.0. The molecule has 1 N–H and O–H groups in total. The number of Topliss-reactive ketones (excluding diaryl/α,β-unsaturated/α-hetero) is 1. The molecule has 3 heteroatoms. The van der Waals surface area contributed by atoms with Crippen molar-refractivity contribution >= 4 is 11.8 Å². The zero-order valence-corrected chi connectivity index (χ0v) is 9.13. The summed E-state index contributed by atoms with van der Waals surface area (Å²) in [6.07, 6.45) is 0.183. The van der Waals surface area contributed by atoms with E-state index in [0.717, 1.165) is 11.1 Å². The third-order valence-electron chi connectivity index (χ3n) is 2.39. The van der Waals surface area contributed by atoms with E-state index in [4.69, 9.17) is 5.11 Å². The Balaban J connectivity index is 3.28. The normalized spacial score (nSPS) is 10.1. The van der Waals surface area contributed by atoms with Gasteiger partial charge in [0.2, 0.25) is 0 Å². The first-order valence-electron chi connectivity index (χ1n) is 4.74. The van der Waals surface area contributed by atoms with Gasteiger partial charge in [0.05, 0.1) is 5.56 Å².